The highest BCUT2D eigenvalue weighted by Gasteiger charge is 2.24. The van der Waals surface area contributed by atoms with Gasteiger partial charge in [-0.1, -0.05) is 23.4 Å². The van der Waals surface area contributed by atoms with Crippen molar-refractivity contribution < 1.29 is 13.7 Å². The number of anilines is 1. The Morgan fingerprint density at radius 2 is 1.96 bits per heavy atom. The van der Waals surface area contributed by atoms with Gasteiger partial charge in [0, 0.05) is 22.9 Å². The van der Waals surface area contributed by atoms with Gasteiger partial charge in [0.15, 0.2) is 0 Å². The smallest absolute Gasteiger partial charge is 0.251 e. The number of nitrogens with zero attached hydrogens (tertiary/aromatic N) is 2. The second-order valence-electron chi connectivity index (χ2n) is 7.11. The standard InChI is InChI=1S/C21H21FN4O2/c1-12-3-5-14(9-17(12)22)20-25-19(28-26-20)11-23-18-10-15(6-4-13(18)2)21(27)24-16-7-8-16/h3-6,9-10,16,23H,7-8,11H2,1-2H3,(H,24,27). The summed E-state index contributed by atoms with van der Waals surface area (Å²) in [5.41, 5.74) is 3.57. The molecule has 0 bridgehead atoms. The average molecular weight is 380 g/mol. The SMILES string of the molecule is Cc1ccc(-c2noc(CNc3cc(C(=O)NC4CC4)ccc3C)n2)cc1F. The molecule has 1 aliphatic carbocycles. The monoisotopic (exact) mass is 380 g/mol. The molecule has 7 heteroatoms. The molecule has 4 rings (SSSR count). The molecule has 6 nitrogen and oxygen atoms in total. The Morgan fingerprint density at radius 3 is 2.71 bits per heavy atom. The van der Waals surface area contributed by atoms with Crippen LogP contribution in [0, 0.1) is 19.7 Å². The number of amides is 1. The van der Waals surface area contributed by atoms with Crippen LogP contribution in [0.4, 0.5) is 10.1 Å². The molecule has 28 heavy (non-hydrogen) atoms. The Morgan fingerprint density at radius 1 is 1.18 bits per heavy atom. The Hall–Kier alpha value is -3.22. The van der Waals surface area contributed by atoms with Crippen molar-refractivity contribution in [1.82, 2.24) is 15.5 Å². The summed E-state index contributed by atoms with van der Waals surface area (Å²) in [4.78, 5) is 16.5. The van der Waals surface area contributed by atoms with E-state index in [1.165, 1.54) is 6.07 Å². The third kappa shape index (κ3) is 4.03. The molecule has 0 radical (unpaired) electrons. The number of aromatic nitrogens is 2. The molecule has 1 amide bonds. The van der Waals surface area contributed by atoms with Gasteiger partial charge in [-0.25, -0.2) is 4.39 Å². The molecule has 0 saturated heterocycles. The first kappa shape index (κ1) is 18.2. The Labute approximate surface area is 162 Å². The minimum Gasteiger partial charge on any atom is -0.376 e. The molecule has 1 aromatic heterocycles. The number of hydrogen-bond donors (Lipinski definition) is 2. The van der Waals surface area contributed by atoms with Crippen molar-refractivity contribution in [2.75, 3.05) is 5.32 Å². The van der Waals surface area contributed by atoms with Crippen molar-refractivity contribution in [2.24, 2.45) is 0 Å². The maximum Gasteiger partial charge on any atom is 0.251 e. The number of nitrogens with one attached hydrogen (secondary N) is 2. The summed E-state index contributed by atoms with van der Waals surface area (Å²) in [6, 6.07) is 10.7. The summed E-state index contributed by atoms with van der Waals surface area (Å²) in [5, 5.41) is 10.1. The molecule has 1 saturated carbocycles. The van der Waals surface area contributed by atoms with Gasteiger partial charge in [-0.2, -0.15) is 4.98 Å². The summed E-state index contributed by atoms with van der Waals surface area (Å²) in [6.45, 7) is 3.96. The van der Waals surface area contributed by atoms with Gasteiger partial charge in [0.1, 0.15) is 5.82 Å². The normalized spacial score (nSPS) is 13.4. The van der Waals surface area contributed by atoms with Gasteiger partial charge in [0.05, 0.1) is 6.54 Å². The van der Waals surface area contributed by atoms with Gasteiger partial charge in [-0.15, -0.1) is 0 Å². The summed E-state index contributed by atoms with van der Waals surface area (Å²) in [5.74, 6) is 0.346. The molecule has 144 valence electrons. The van der Waals surface area contributed by atoms with E-state index in [4.69, 9.17) is 4.52 Å². The maximum atomic E-state index is 13.7. The minimum absolute atomic E-state index is 0.0629. The lowest BCUT2D eigenvalue weighted by Crippen LogP contribution is -2.25. The predicted molar refractivity (Wildman–Crippen MR) is 103 cm³/mol. The van der Waals surface area contributed by atoms with Crippen molar-refractivity contribution in [2.45, 2.75) is 39.3 Å². The highest BCUT2D eigenvalue weighted by molar-refractivity contribution is 5.95. The number of hydrogen-bond acceptors (Lipinski definition) is 5. The van der Waals surface area contributed by atoms with Crippen LogP contribution in [0.1, 0.15) is 40.2 Å². The Kier molecular flexibility index (Phi) is 4.81. The Balaban J connectivity index is 1.45. The van der Waals surface area contributed by atoms with E-state index >= 15 is 0 Å². The van der Waals surface area contributed by atoms with E-state index in [1.807, 2.05) is 25.1 Å². The lowest BCUT2D eigenvalue weighted by molar-refractivity contribution is 0.0951. The number of carbonyl (C=O) groups excluding carboxylic acids is 1. The van der Waals surface area contributed by atoms with Crippen LogP contribution in [0.2, 0.25) is 0 Å². The van der Waals surface area contributed by atoms with E-state index < -0.39 is 0 Å². The highest BCUT2D eigenvalue weighted by atomic mass is 19.1. The molecule has 2 N–H and O–H groups in total. The molecule has 1 fully saturated rings. The van der Waals surface area contributed by atoms with Crippen LogP contribution in [0.15, 0.2) is 40.9 Å². The number of aryl methyl sites for hydroxylation is 2. The van der Waals surface area contributed by atoms with Crippen LogP contribution in [-0.4, -0.2) is 22.1 Å². The molecule has 0 atom stereocenters. The second kappa shape index (κ2) is 7.42. The first-order valence-electron chi connectivity index (χ1n) is 9.24. The van der Waals surface area contributed by atoms with Crippen LogP contribution in [0.25, 0.3) is 11.4 Å². The van der Waals surface area contributed by atoms with Crippen molar-refractivity contribution in [3.8, 4) is 11.4 Å². The zero-order valence-electron chi connectivity index (χ0n) is 15.8. The highest BCUT2D eigenvalue weighted by Crippen LogP contribution is 2.22. The fourth-order valence-corrected chi connectivity index (χ4v) is 2.80. The zero-order valence-corrected chi connectivity index (χ0v) is 15.8. The van der Waals surface area contributed by atoms with Crippen LogP contribution < -0.4 is 10.6 Å². The fraction of sp³-hybridized carbons (Fsp3) is 0.286. The van der Waals surface area contributed by atoms with E-state index in [-0.39, 0.29) is 11.7 Å². The molecule has 2 aromatic carbocycles. The molecule has 1 heterocycles. The van der Waals surface area contributed by atoms with Crippen LogP contribution in [0.5, 0.6) is 0 Å². The second-order valence-corrected chi connectivity index (χ2v) is 7.11. The van der Waals surface area contributed by atoms with E-state index in [0.717, 1.165) is 24.1 Å². The number of halogens is 1. The van der Waals surface area contributed by atoms with Crippen molar-refractivity contribution in [3.63, 3.8) is 0 Å². The maximum absolute atomic E-state index is 13.7. The summed E-state index contributed by atoms with van der Waals surface area (Å²) >= 11 is 0. The van der Waals surface area contributed by atoms with E-state index in [9.17, 15) is 9.18 Å². The minimum atomic E-state index is -0.307. The molecule has 3 aromatic rings. The zero-order chi connectivity index (χ0) is 19.7. The molecular formula is C21H21FN4O2. The topological polar surface area (TPSA) is 80.0 Å². The quantitative estimate of drug-likeness (QED) is 0.676. The average Bonchev–Trinajstić information content (AvgIpc) is 3.37. The van der Waals surface area contributed by atoms with Gasteiger partial charge < -0.3 is 15.2 Å². The van der Waals surface area contributed by atoms with Crippen LogP contribution in [0.3, 0.4) is 0 Å². The summed E-state index contributed by atoms with van der Waals surface area (Å²) < 4.78 is 19.0. The van der Waals surface area contributed by atoms with Gasteiger partial charge in [-0.3, -0.25) is 4.79 Å². The first-order valence-corrected chi connectivity index (χ1v) is 9.24. The van der Waals surface area contributed by atoms with Crippen molar-refractivity contribution >= 4 is 11.6 Å². The van der Waals surface area contributed by atoms with Crippen molar-refractivity contribution in [3.05, 3.63) is 64.8 Å². The van der Waals surface area contributed by atoms with Crippen LogP contribution >= 0.6 is 0 Å². The van der Waals surface area contributed by atoms with Gasteiger partial charge in [-0.05, 0) is 56.0 Å². The molecular weight excluding hydrogens is 359 g/mol. The largest absolute Gasteiger partial charge is 0.376 e. The third-order valence-electron chi connectivity index (χ3n) is 4.74. The van der Waals surface area contributed by atoms with Gasteiger partial charge in [0.2, 0.25) is 11.7 Å². The number of benzene rings is 2. The Bertz CT molecular complexity index is 1030. The molecule has 1 aliphatic rings. The molecule has 0 aliphatic heterocycles. The molecule has 0 spiro atoms. The fourth-order valence-electron chi connectivity index (χ4n) is 2.80. The van der Waals surface area contributed by atoms with Crippen molar-refractivity contribution in [1.29, 1.82) is 0 Å². The third-order valence-corrected chi connectivity index (χ3v) is 4.74. The van der Waals surface area contributed by atoms with E-state index in [2.05, 4.69) is 20.8 Å². The lowest BCUT2D eigenvalue weighted by Gasteiger charge is -2.10. The van der Waals surface area contributed by atoms with E-state index in [1.54, 1.807) is 19.1 Å². The summed E-state index contributed by atoms with van der Waals surface area (Å²) in [6.07, 6.45) is 2.10. The van der Waals surface area contributed by atoms with Crippen LogP contribution in [-0.2, 0) is 6.54 Å². The number of carbonyl (C=O) groups is 1. The predicted octanol–water partition coefficient (Wildman–Crippen LogP) is 4.00. The summed E-state index contributed by atoms with van der Waals surface area (Å²) in [7, 11) is 0. The lowest BCUT2D eigenvalue weighted by atomic mass is 10.1. The molecule has 0 unspecified atom stereocenters. The van der Waals surface area contributed by atoms with E-state index in [0.29, 0.717) is 41.0 Å². The first-order chi connectivity index (χ1) is 13.5. The van der Waals surface area contributed by atoms with Gasteiger partial charge in [0.25, 0.3) is 5.91 Å². The number of rotatable bonds is 6. The van der Waals surface area contributed by atoms with Gasteiger partial charge >= 0.3 is 0 Å².